The van der Waals surface area contributed by atoms with Gasteiger partial charge in [-0.25, -0.2) is 0 Å². The minimum absolute atomic E-state index is 0. The Balaban J connectivity index is 0.00000121. The topological polar surface area (TPSA) is 31.1 Å². The number of aromatic nitrogens is 1. The molecule has 2 N–H and O–H groups in total. The molecule has 1 aromatic heterocycles. The highest BCUT2D eigenvalue weighted by atomic mass is 35.5. The first kappa shape index (κ1) is 19.3. The van der Waals surface area contributed by atoms with Crippen molar-refractivity contribution >= 4 is 35.7 Å². The lowest BCUT2D eigenvalue weighted by Crippen LogP contribution is -2.45. The Morgan fingerprint density at radius 1 is 1.14 bits per heavy atom. The molecule has 0 saturated carbocycles. The number of hydrogen-bond acceptors (Lipinski definition) is 2. The van der Waals surface area contributed by atoms with E-state index in [1.54, 1.807) is 0 Å². The number of halogens is 2. The predicted octanol–water partition coefficient (Wildman–Crippen LogP) is 4.15. The lowest BCUT2D eigenvalue weighted by Gasteiger charge is -2.35. The Morgan fingerprint density at radius 3 is 2.64 bits per heavy atom. The molecule has 1 aliphatic rings. The van der Waals surface area contributed by atoms with Crippen LogP contribution in [0.3, 0.4) is 0 Å². The van der Waals surface area contributed by atoms with Crippen molar-refractivity contribution < 1.29 is 0 Å². The summed E-state index contributed by atoms with van der Waals surface area (Å²) in [5.41, 5.74) is 2.72. The Bertz CT molecular complexity index is 550. The minimum Gasteiger partial charge on any atom is -0.361 e. The quantitative estimate of drug-likeness (QED) is 0.854. The summed E-state index contributed by atoms with van der Waals surface area (Å²) < 4.78 is 0. The lowest BCUT2D eigenvalue weighted by molar-refractivity contribution is 0.163. The Kier molecular flexibility index (Phi) is 8.26. The normalized spacial score (nSPS) is 16.8. The monoisotopic (exact) mass is 343 g/mol. The number of nitrogens with one attached hydrogen (secondary N) is 2. The van der Waals surface area contributed by atoms with Crippen LogP contribution in [-0.2, 0) is 0 Å². The lowest BCUT2D eigenvalue weighted by atomic mass is 9.97. The third-order valence-corrected chi connectivity index (χ3v) is 4.39. The fraction of sp³-hybridized carbons (Fsp3) is 0.529. The fourth-order valence-electron chi connectivity index (χ4n) is 3.23. The molecule has 2 heterocycles. The third-order valence-electron chi connectivity index (χ3n) is 4.39. The Hall–Kier alpha value is -0.740. The smallest absolute Gasteiger partial charge is 0.0454 e. The van der Waals surface area contributed by atoms with Gasteiger partial charge in [-0.2, -0.15) is 0 Å². The molecular weight excluding hydrogens is 317 g/mol. The largest absolute Gasteiger partial charge is 0.361 e. The predicted molar refractivity (Wildman–Crippen MR) is 99.5 cm³/mol. The molecule has 1 aliphatic heterocycles. The van der Waals surface area contributed by atoms with Gasteiger partial charge in [-0.05, 0) is 35.6 Å². The van der Waals surface area contributed by atoms with Crippen LogP contribution >= 0.6 is 24.8 Å². The summed E-state index contributed by atoms with van der Waals surface area (Å²) in [5, 5.41) is 4.79. The van der Waals surface area contributed by atoms with Gasteiger partial charge in [0.05, 0.1) is 0 Å². The van der Waals surface area contributed by atoms with Crippen LogP contribution in [-0.4, -0.2) is 36.1 Å². The zero-order valence-corrected chi connectivity index (χ0v) is 14.8. The van der Waals surface area contributed by atoms with Gasteiger partial charge in [-0.3, -0.25) is 4.90 Å². The molecule has 1 atom stereocenters. The van der Waals surface area contributed by atoms with E-state index in [1.807, 2.05) is 6.20 Å². The van der Waals surface area contributed by atoms with Gasteiger partial charge in [0.1, 0.15) is 0 Å². The molecule has 3 rings (SSSR count). The first-order valence-electron chi connectivity index (χ1n) is 7.90. The SMILES string of the molecule is CCCC[C@H](c1ccc2[nH]ccc2c1)N1CCNCC1.Cl.Cl. The van der Waals surface area contributed by atoms with E-state index in [-0.39, 0.29) is 24.8 Å². The van der Waals surface area contributed by atoms with E-state index in [1.165, 1.54) is 48.8 Å². The van der Waals surface area contributed by atoms with Crippen LogP contribution in [0.5, 0.6) is 0 Å². The van der Waals surface area contributed by atoms with Crippen molar-refractivity contribution in [3.05, 3.63) is 36.0 Å². The summed E-state index contributed by atoms with van der Waals surface area (Å²) in [6.07, 6.45) is 5.88. The average Bonchev–Trinajstić information content (AvgIpc) is 2.96. The highest BCUT2D eigenvalue weighted by Crippen LogP contribution is 2.29. The highest BCUT2D eigenvalue weighted by Gasteiger charge is 2.21. The number of fused-ring (bicyclic) bond motifs is 1. The average molecular weight is 344 g/mol. The molecule has 0 radical (unpaired) electrons. The third kappa shape index (κ3) is 4.39. The van der Waals surface area contributed by atoms with E-state index in [0.29, 0.717) is 6.04 Å². The maximum absolute atomic E-state index is 3.46. The van der Waals surface area contributed by atoms with Crippen molar-refractivity contribution in [1.82, 2.24) is 15.2 Å². The van der Waals surface area contributed by atoms with Crippen LogP contribution in [0.4, 0.5) is 0 Å². The first-order valence-corrected chi connectivity index (χ1v) is 7.90. The van der Waals surface area contributed by atoms with Crippen molar-refractivity contribution in [3.8, 4) is 0 Å². The standard InChI is InChI=1S/C17H25N3.2ClH/c1-2-3-4-17(20-11-9-18-10-12-20)15-5-6-16-14(13-15)7-8-19-16;;/h5-8,13,17-19H,2-4,9-12H2,1H3;2*1H/t17-;;/m1../s1. The highest BCUT2D eigenvalue weighted by molar-refractivity contribution is 5.85. The van der Waals surface area contributed by atoms with Crippen LogP contribution in [0.15, 0.2) is 30.5 Å². The minimum atomic E-state index is 0. The molecule has 22 heavy (non-hydrogen) atoms. The second kappa shape index (κ2) is 9.41. The van der Waals surface area contributed by atoms with E-state index in [2.05, 4.69) is 46.4 Å². The van der Waals surface area contributed by atoms with Gasteiger partial charge in [0.2, 0.25) is 0 Å². The summed E-state index contributed by atoms with van der Waals surface area (Å²) >= 11 is 0. The molecule has 1 fully saturated rings. The number of rotatable bonds is 5. The molecule has 124 valence electrons. The molecule has 0 aliphatic carbocycles. The zero-order chi connectivity index (χ0) is 13.8. The van der Waals surface area contributed by atoms with Crippen molar-refractivity contribution in [2.24, 2.45) is 0 Å². The molecule has 0 bridgehead atoms. The van der Waals surface area contributed by atoms with E-state index < -0.39 is 0 Å². The van der Waals surface area contributed by atoms with Crippen molar-refractivity contribution in [3.63, 3.8) is 0 Å². The first-order chi connectivity index (χ1) is 9.88. The fourth-order valence-corrected chi connectivity index (χ4v) is 3.23. The number of unbranched alkanes of at least 4 members (excludes halogenated alkanes) is 1. The van der Waals surface area contributed by atoms with Crippen LogP contribution in [0, 0.1) is 0 Å². The molecular formula is C17H27Cl2N3. The van der Waals surface area contributed by atoms with Crippen LogP contribution in [0.2, 0.25) is 0 Å². The van der Waals surface area contributed by atoms with Gasteiger partial charge in [-0.1, -0.05) is 25.8 Å². The van der Waals surface area contributed by atoms with Gasteiger partial charge in [0.25, 0.3) is 0 Å². The van der Waals surface area contributed by atoms with Gasteiger partial charge in [-0.15, -0.1) is 24.8 Å². The second-order valence-corrected chi connectivity index (χ2v) is 5.77. The van der Waals surface area contributed by atoms with Crippen LogP contribution in [0.1, 0.15) is 37.8 Å². The molecule has 1 saturated heterocycles. The number of hydrogen-bond donors (Lipinski definition) is 2. The van der Waals surface area contributed by atoms with E-state index in [4.69, 9.17) is 0 Å². The molecule has 5 heteroatoms. The summed E-state index contributed by atoms with van der Waals surface area (Å²) in [4.78, 5) is 5.94. The van der Waals surface area contributed by atoms with Crippen LogP contribution in [0.25, 0.3) is 10.9 Å². The summed E-state index contributed by atoms with van der Waals surface area (Å²) in [7, 11) is 0. The summed E-state index contributed by atoms with van der Waals surface area (Å²) in [5.74, 6) is 0. The maximum atomic E-state index is 3.46. The molecule has 3 nitrogen and oxygen atoms in total. The van der Waals surface area contributed by atoms with Crippen molar-refractivity contribution in [2.75, 3.05) is 26.2 Å². The Labute approximate surface area is 145 Å². The summed E-state index contributed by atoms with van der Waals surface area (Å²) in [6.45, 7) is 6.85. The molecule has 1 aromatic carbocycles. The van der Waals surface area contributed by atoms with Gasteiger partial charge in [0, 0.05) is 43.9 Å². The zero-order valence-electron chi connectivity index (χ0n) is 13.2. The van der Waals surface area contributed by atoms with E-state index >= 15 is 0 Å². The van der Waals surface area contributed by atoms with Crippen LogP contribution < -0.4 is 5.32 Å². The number of aromatic amines is 1. The Morgan fingerprint density at radius 2 is 1.91 bits per heavy atom. The van der Waals surface area contributed by atoms with Crippen molar-refractivity contribution in [2.45, 2.75) is 32.2 Å². The van der Waals surface area contributed by atoms with E-state index in [0.717, 1.165) is 13.1 Å². The number of nitrogens with zero attached hydrogens (tertiary/aromatic N) is 1. The van der Waals surface area contributed by atoms with Gasteiger partial charge in [0.15, 0.2) is 0 Å². The molecule has 2 aromatic rings. The number of H-pyrrole nitrogens is 1. The molecule has 0 amide bonds. The van der Waals surface area contributed by atoms with Gasteiger partial charge >= 0.3 is 0 Å². The second-order valence-electron chi connectivity index (χ2n) is 5.77. The molecule has 0 unspecified atom stereocenters. The van der Waals surface area contributed by atoms with Gasteiger partial charge < -0.3 is 10.3 Å². The summed E-state index contributed by atoms with van der Waals surface area (Å²) in [6, 6.07) is 9.66. The number of piperazine rings is 1. The number of benzene rings is 1. The maximum Gasteiger partial charge on any atom is 0.0454 e. The van der Waals surface area contributed by atoms with E-state index in [9.17, 15) is 0 Å². The van der Waals surface area contributed by atoms with Crippen molar-refractivity contribution in [1.29, 1.82) is 0 Å². The molecule has 0 spiro atoms.